The lowest BCUT2D eigenvalue weighted by Gasteiger charge is -2.33. The molecule has 1 aliphatic heterocycles. The number of amides is 1. The molecule has 1 amide bonds. The van der Waals surface area contributed by atoms with Gasteiger partial charge in [0.1, 0.15) is 0 Å². The van der Waals surface area contributed by atoms with Gasteiger partial charge >= 0.3 is 0 Å². The Morgan fingerprint density at radius 1 is 1.36 bits per heavy atom. The number of likely N-dealkylation sites (tertiary alicyclic amines) is 1. The zero-order valence-electron chi connectivity index (χ0n) is 13.3. The lowest BCUT2D eigenvalue weighted by Crippen LogP contribution is -2.42. The van der Waals surface area contributed by atoms with Crippen molar-refractivity contribution in [2.75, 3.05) is 25.4 Å². The minimum atomic E-state index is -0.0283. The molecule has 0 aromatic heterocycles. The molecule has 1 heterocycles. The number of nitrogens with one attached hydrogen (secondary N) is 1. The molecule has 1 aromatic carbocycles. The van der Waals surface area contributed by atoms with E-state index in [0.29, 0.717) is 23.8 Å². The molecule has 4 nitrogen and oxygen atoms in total. The highest BCUT2D eigenvalue weighted by Crippen LogP contribution is 2.15. The van der Waals surface area contributed by atoms with Crippen molar-refractivity contribution < 1.29 is 4.79 Å². The van der Waals surface area contributed by atoms with Gasteiger partial charge in [-0.2, -0.15) is 0 Å². The third-order valence-electron chi connectivity index (χ3n) is 4.13. The van der Waals surface area contributed by atoms with E-state index in [9.17, 15) is 4.79 Å². The molecule has 1 atom stereocenters. The van der Waals surface area contributed by atoms with Crippen LogP contribution in [0.5, 0.6) is 0 Å². The number of aryl methyl sites for hydroxylation is 1. The van der Waals surface area contributed by atoms with E-state index in [1.54, 1.807) is 6.07 Å². The molecule has 0 aliphatic carbocycles. The van der Waals surface area contributed by atoms with Gasteiger partial charge < -0.3 is 11.1 Å². The van der Waals surface area contributed by atoms with Crippen LogP contribution in [0, 0.1) is 6.92 Å². The van der Waals surface area contributed by atoms with Gasteiger partial charge in [0.05, 0.1) is 0 Å². The number of anilines is 1. The maximum Gasteiger partial charge on any atom is 0.251 e. The molecule has 0 saturated carbocycles. The summed E-state index contributed by atoms with van der Waals surface area (Å²) in [7, 11) is 0. The topological polar surface area (TPSA) is 58.4 Å². The monoisotopic (exact) mass is 347 g/mol. The molecule has 0 radical (unpaired) electrons. The quantitative estimate of drug-likeness (QED) is 0.823. The number of carbonyl (C=O) groups is 1. The number of carbonyl (C=O) groups excluding carboxylic acids is 1. The number of hydrogen-bond acceptors (Lipinski definition) is 3. The second kappa shape index (κ2) is 9.93. The van der Waals surface area contributed by atoms with Gasteiger partial charge in [-0.25, -0.2) is 0 Å². The van der Waals surface area contributed by atoms with E-state index < -0.39 is 0 Å². The van der Waals surface area contributed by atoms with Crippen molar-refractivity contribution in [3.8, 4) is 0 Å². The molecule has 1 saturated heterocycles. The SMILES string of the molecule is Cc1ccc(N)cc1C(=O)NCCN1CCCCC1C.Cl.Cl. The van der Waals surface area contributed by atoms with Crippen LogP contribution in [-0.2, 0) is 0 Å². The van der Waals surface area contributed by atoms with Crippen LogP contribution in [0.2, 0.25) is 0 Å². The van der Waals surface area contributed by atoms with Gasteiger partial charge in [0.25, 0.3) is 5.91 Å². The van der Waals surface area contributed by atoms with Gasteiger partial charge in [-0.1, -0.05) is 12.5 Å². The van der Waals surface area contributed by atoms with Gasteiger partial charge in [-0.05, 0) is 50.9 Å². The highest BCUT2D eigenvalue weighted by Gasteiger charge is 2.17. The van der Waals surface area contributed by atoms with Crippen LogP contribution in [0.4, 0.5) is 5.69 Å². The van der Waals surface area contributed by atoms with Crippen LogP contribution in [0.15, 0.2) is 18.2 Å². The molecule has 3 N–H and O–H groups in total. The summed E-state index contributed by atoms with van der Waals surface area (Å²) in [5.74, 6) is -0.0283. The second-order valence-corrected chi connectivity index (χ2v) is 5.71. The zero-order valence-corrected chi connectivity index (χ0v) is 14.9. The van der Waals surface area contributed by atoms with E-state index in [0.717, 1.165) is 18.7 Å². The van der Waals surface area contributed by atoms with Crippen molar-refractivity contribution >= 4 is 36.4 Å². The summed E-state index contributed by atoms with van der Waals surface area (Å²) < 4.78 is 0. The van der Waals surface area contributed by atoms with E-state index >= 15 is 0 Å². The molecule has 0 bridgehead atoms. The minimum absolute atomic E-state index is 0. The fraction of sp³-hybridized carbons (Fsp3) is 0.562. The fourth-order valence-electron chi connectivity index (χ4n) is 2.78. The third kappa shape index (κ3) is 5.67. The maximum atomic E-state index is 12.2. The van der Waals surface area contributed by atoms with Crippen LogP contribution in [0.1, 0.15) is 42.1 Å². The maximum absolute atomic E-state index is 12.2. The first-order valence-corrected chi connectivity index (χ1v) is 7.46. The number of rotatable bonds is 4. The minimum Gasteiger partial charge on any atom is -0.399 e. The predicted octanol–water partition coefficient (Wildman–Crippen LogP) is 3.03. The smallest absolute Gasteiger partial charge is 0.251 e. The molecule has 1 aliphatic rings. The summed E-state index contributed by atoms with van der Waals surface area (Å²) in [5.41, 5.74) is 8.01. The largest absolute Gasteiger partial charge is 0.399 e. The molecule has 1 aromatic rings. The highest BCUT2D eigenvalue weighted by atomic mass is 35.5. The van der Waals surface area contributed by atoms with Crippen molar-refractivity contribution in [3.05, 3.63) is 29.3 Å². The Balaban J connectivity index is 0.00000220. The lowest BCUT2D eigenvalue weighted by molar-refractivity contribution is 0.0938. The summed E-state index contributed by atoms with van der Waals surface area (Å²) >= 11 is 0. The van der Waals surface area contributed by atoms with Crippen molar-refractivity contribution in [1.82, 2.24) is 10.2 Å². The molecular formula is C16H27Cl2N3O. The van der Waals surface area contributed by atoms with E-state index in [1.807, 2.05) is 19.1 Å². The summed E-state index contributed by atoms with van der Waals surface area (Å²) in [6.45, 7) is 6.96. The molecular weight excluding hydrogens is 321 g/mol. The van der Waals surface area contributed by atoms with Crippen molar-refractivity contribution in [1.29, 1.82) is 0 Å². The van der Waals surface area contributed by atoms with Gasteiger partial charge in [0.2, 0.25) is 0 Å². The molecule has 1 fully saturated rings. The number of hydrogen-bond donors (Lipinski definition) is 2. The Morgan fingerprint density at radius 3 is 2.77 bits per heavy atom. The lowest BCUT2D eigenvalue weighted by atomic mass is 10.0. The van der Waals surface area contributed by atoms with Crippen LogP contribution in [0.3, 0.4) is 0 Å². The molecule has 126 valence electrons. The molecule has 22 heavy (non-hydrogen) atoms. The standard InChI is InChI=1S/C16H25N3O.2ClH/c1-12-6-7-14(17)11-15(12)16(20)18-8-10-19-9-4-3-5-13(19)2;;/h6-7,11,13H,3-5,8-10,17H2,1-2H3,(H,18,20);2*1H. The van der Waals surface area contributed by atoms with Gasteiger partial charge in [0, 0.05) is 30.4 Å². The van der Waals surface area contributed by atoms with Crippen LogP contribution >= 0.6 is 24.8 Å². The molecule has 6 heteroatoms. The highest BCUT2D eigenvalue weighted by molar-refractivity contribution is 5.96. The molecule has 2 rings (SSSR count). The molecule has 1 unspecified atom stereocenters. The van der Waals surface area contributed by atoms with E-state index in [2.05, 4.69) is 17.1 Å². The van der Waals surface area contributed by atoms with Crippen LogP contribution in [0.25, 0.3) is 0 Å². The number of nitrogens with two attached hydrogens (primary N) is 1. The average molecular weight is 348 g/mol. The third-order valence-corrected chi connectivity index (χ3v) is 4.13. The number of halogens is 2. The Morgan fingerprint density at radius 2 is 2.09 bits per heavy atom. The van der Waals surface area contributed by atoms with Gasteiger partial charge in [0.15, 0.2) is 0 Å². The zero-order chi connectivity index (χ0) is 14.5. The Bertz CT molecular complexity index is 482. The first-order chi connectivity index (χ1) is 9.58. The Labute approximate surface area is 145 Å². The van der Waals surface area contributed by atoms with Crippen LogP contribution in [-0.4, -0.2) is 36.5 Å². The molecule has 0 spiro atoms. The van der Waals surface area contributed by atoms with Gasteiger partial charge in [-0.15, -0.1) is 24.8 Å². The first-order valence-electron chi connectivity index (χ1n) is 7.46. The normalized spacial score (nSPS) is 18.0. The van der Waals surface area contributed by atoms with E-state index in [4.69, 9.17) is 5.73 Å². The Hall–Kier alpha value is -0.970. The Kier molecular flexibility index (Phi) is 9.49. The summed E-state index contributed by atoms with van der Waals surface area (Å²) in [4.78, 5) is 14.6. The van der Waals surface area contributed by atoms with Crippen LogP contribution < -0.4 is 11.1 Å². The van der Waals surface area contributed by atoms with Crippen molar-refractivity contribution in [2.45, 2.75) is 39.2 Å². The number of nitrogens with zero attached hydrogens (tertiary/aromatic N) is 1. The number of nitrogen functional groups attached to an aromatic ring is 1. The fourth-order valence-corrected chi connectivity index (χ4v) is 2.78. The van der Waals surface area contributed by atoms with E-state index in [1.165, 1.54) is 19.3 Å². The summed E-state index contributed by atoms with van der Waals surface area (Å²) in [5, 5.41) is 3.00. The number of benzene rings is 1. The number of piperidine rings is 1. The van der Waals surface area contributed by atoms with Crippen molar-refractivity contribution in [2.24, 2.45) is 0 Å². The summed E-state index contributed by atoms with van der Waals surface area (Å²) in [6, 6.07) is 6.09. The van der Waals surface area contributed by atoms with Gasteiger partial charge in [-0.3, -0.25) is 9.69 Å². The average Bonchev–Trinajstić information content (AvgIpc) is 2.43. The van der Waals surface area contributed by atoms with Crippen molar-refractivity contribution in [3.63, 3.8) is 0 Å². The second-order valence-electron chi connectivity index (χ2n) is 5.71. The first kappa shape index (κ1) is 21.0. The van der Waals surface area contributed by atoms with E-state index in [-0.39, 0.29) is 30.7 Å². The summed E-state index contributed by atoms with van der Waals surface area (Å²) in [6.07, 6.45) is 3.86. The predicted molar refractivity (Wildman–Crippen MR) is 97.3 cm³/mol.